The van der Waals surface area contributed by atoms with Crippen molar-refractivity contribution in [3.8, 4) is 18.5 Å². The van der Waals surface area contributed by atoms with Crippen LogP contribution < -0.4 is 5.32 Å². The summed E-state index contributed by atoms with van der Waals surface area (Å²) in [4.78, 5) is 4.24. The molecule has 0 aliphatic heterocycles. The van der Waals surface area contributed by atoms with Crippen LogP contribution in [0.3, 0.4) is 0 Å². The average molecular weight is 215 g/mol. The summed E-state index contributed by atoms with van der Waals surface area (Å²) in [7, 11) is 0. The first-order valence-corrected chi connectivity index (χ1v) is 5.37. The predicted molar refractivity (Wildman–Crippen MR) is 63.7 cm³/mol. The molecule has 0 spiro atoms. The number of para-hydroxylation sites is 1. The molecule has 1 aromatic carbocycles. The number of hydrogen-bond donors (Lipinski definition) is 1. The van der Waals surface area contributed by atoms with Crippen molar-refractivity contribution < 1.29 is 0 Å². The van der Waals surface area contributed by atoms with Gasteiger partial charge in [0.05, 0.1) is 11.3 Å². The normalized spacial score (nSPS) is 10.2. The van der Waals surface area contributed by atoms with Gasteiger partial charge in [0, 0.05) is 0 Å². The minimum absolute atomic E-state index is 0.528. The van der Waals surface area contributed by atoms with Crippen LogP contribution in [0.1, 0.15) is 5.56 Å². The molecule has 0 bridgehead atoms. The maximum Gasteiger partial charge on any atom is 0.183 e. The number of rotatable bonds is 1. The SMILES string of the molecule is C#Cc1ccccc1N=C(NC#N)SC. The van der Waals surface area contributed by atoms with Crippen molar-refractivity contribution in [1.29, 1.82) is 5.26 Å². The summed E-state index contributed by atoms with van der Waals surface area (Å²) < 4.78 is 0. The zero-order valence-corrected chi connectivity index (χ0v) is 9.01. The van der Waals surface area contributed by atoms with Crippen LogP contribution in [0.2, 0.25) is 0 Å². The summed E-state index contributed by atoms with van der Waals surface area (Å²) in [6.45, 7) is 0. The molecule has 3 nitrogen and oxygen atoms in total. The van der Waals surface area contributed by atoms with Crippen LogP contribution in [0.5, 0.6) is 0 Å². The van der Waals surface area contributed by atoms with Gasteiger partial charge >= 0.3 is 0 Å². The van der Waals surface area contributed by atoms with Gasteiger partial charge in [0.1, 0.15) is 0 Å². The van der Waals surface area contributed by atoms with Crippen molar-refractivity contribution in [2.45, 2.75) is 0 Å². The Hall–Kier alpha value is -1.91. The van der Waals surface area contributed by atoms with E-state index in [1.165, 1.54) is 11.8 Å². The van der Waals surface area contributed by atoms with E-state index in [9.17, 15) is 0 Å². The van der Waals surface area contributed by atoms with E-state index in [1.54, 1.807) is 0 Å². The van der Waals surface area contributed by atoms with Gasteiger partial charge in [0.2, 0.25) is 0 Å². The Labute approximate surface area is 93.2 Å². The van der Waals surface area contributed by atoms with E-state index in [0.717, 1.165) is 0 Å². The fraction of sp³-hybridized carbons (Fsp3) is 0.0909. The van der Waals surface area contributed by atoms with E-state index in [4.69, 9.17) is 11.7 Å². The third-order valence-electron chi connectivity index (χ3n) is 1.64. The minimum Gasteiger partial charge on any atom is -0.271 e. The fourth-order valence-electron chi connectivity index (χ4n) is 0.975. The van der Waals surface area contributed by atoms with Gasteiger partial charge in [0.25, 0.3) is 0 Å². The van der Waals surface area contributed by atoms with Crippen molar-refractivity contribution in [1.82, 2.24) is 5.32 Å². The van der Waals surface area contributed by atoms with Gasteiger partial charge in [-0.25, -0.2) is 4.99 Å². The number of nitrogens with zero attached hydrogens (tertiary/aromatic N) is 2. The molecule has 74 valence electrons. The van der Waals surface area contributed by atoms with Gasteiger partial charge in [0.15, 0.2) is 11.4 Å². The summed E-state index contributed by atoms with van der Waals surface area (Å²) >= 11 is 1.36. The molecule has 0 aliphatic rings. The van der Waals surface area contributed by atoms with Gasteiger partial charge in [-0.15, -0.1) is 6.42 Å². The Kier molecular flexibility index (Phi) is 4.28. The van der Waals surface area contributed by atoms with E-state index in [2.05, 4.69) is 16.2 Å². The monoisotopic (exact) mass is 215 g/mol. The number of thioether (sulfide) groups is 1. The minimum atomic E-state index is 0.528. The first-order valence-electron chi connectivity index (χ1n) is 4.15. The highest BCUT2D eigenvalue weighted by Gasteiger charge is 1.99. The van der Waals surface area contributed by atoms with E-state index in [0.29, 0.717) is 16.4 Å². The third-order valence-corrected chi connectivity index (χ3v) is 2.22. The lowest BCUT2D eigenvalue weighted by molar-refractivity contribution is 1.28. The molecule has 0 radical (unpaired) electrons. The number of amidine groups is 1. The molecule has 4 heteroatoms. The summed E-state index contributed by atoms with van der Waals surface area (Å²) in [6, 6.07) is 7.32. The van der Waals surface area contributed by atoms with Crippen LogP contribution in [0, 0.1) is 23.8 Å². The van der Waals surface area contributed by atoms with Gasteiger partial charge < -0.3 is 0 Å². The Morgan fingerprint density at radius 3 is 2.87 bits per heavy atom. The smallest absolute Gasteiger partial charge is 0.183 e. The summed E-state index contributed by atoms with van der Waals surface area (Å²) in [6.07, 6.45) is 8.99. The van der Waals surface area contributed by atoms with Gasteiger partial charge in [-0.05, 0) is 18.4 Å². The summed E-state index contributed by atoms with van der Waals surface area (Å²) in [5.74, 6) is 2.54. The van der Waals surface area contributed by atoms with Crippen LogP contribution in [-0.2, 0) is 0 Å². The largest absolute Gasteiger partial charge is 0.271 e. The lowest BCUT2D eigenvalue weighted by Gasteiger charge is -2.01. The number of aliphatic imine (C=N–C) groups is 1. The maximum absolute atomic E-state index is 8.48. The first kappa shape index (κ1) is 11.2. The van der Waals surface area contributed by atoms with Crippen molar-refractivity contribution >= 4 is 22.6 Å². The third kappa shape index (κ3) is 3.05. The molecule has 0 heterocycles. The molecule has 1 N–H and O–H groups in total. The van der Waals surface area contributed by atoms with Gasteiger partial charge in [-0.2, -0.15) is 5.26 Å². The zero-order chi connectivity index (χ0) is 11.1. The van der Waals surface area contributed by atoms with Gasteiger partial charge in [-0.3, -0.25) is 5.32 Å². The molecule has 0 amide bonds. The van der Waals surface area contributed by atoms with Gasteiger partial charge in [-0.1, -0.05) is 29.8 Å². The lowest BCUT2D eigenvalue weighted by Crippen LogP contribution is -2.12. The zero-order valence-electron chi connectivity index (χ0n) is 8.19. The van der Waals surface area contributed by atoms with E-state index < -0.39 is 0 Å². The average Bonchev–Trinajstić information content (AvgIpc) is 2.29. The molecule has 1 rings (SSSR count). The molecule has 0 unspecified atom stereocenters. The first-order chi connectivity index (χ1) is 7.31. The Morgan fingerprint density at radius 2 is 2.27 bits per heavy atom. The molecule has 15 heavy (non-hydrogen) atoms. The second-order valence-electron chi connectivity index (χ2n) is 2.52. The van der Waals surface area contributed by atoms with Crippen molar-refractivity contribution in [3.63, 3.8) is 0 Å². The summed E-state index contributed by atoms with van der Waals surface area (Å²) in [5, 5.41) is 11.5. The second-order valence-corrected chi connectivity index (χ2v) is 3.31. The van der Waals surface area contributed by atoms with Crippen LogP contribution >= 0.6 is 11.8 Å². The molecule has 0 saturated carbocycles. The predicted octanol–water partition coefficient (Wildman–Crippen LogP) is 2.09. The van der Waals surface area contributed by atoms with Crippen LogP contribution in [0.4, 0.5) is 5.69 Å². The van der Waals surface area contributed by atoms with Crippen LogP contribution in [-0.4, -0.2) is 11.4 Å². The topological polar surface area (TPSA) is 48.2 Å². The summed E-state index contributed by atoms with van der Waals surface area (Å²) in [5.41, 5.74) is 1.40. The number of nitrogens with one attached hydrogen (secondary N) is 1. The molecule has 0 atom stereocenters. The number of benzene rings is 1. The number of terminal acetylenes is 1. The van der Waals surface area contributed by atoms with E-state index in [-0.39, 0.29) is 0 Å². The molecule has 1 aromatic rings. The Morgan fingerprint density at radius 1 is 1.53 bits per heavy atom. The fourth-order valence-corrected chi connectivity index (χ4v) is 1.31. The molecule has 0 fully saturated rings. The van der Waals surface area contributed by atoms with E-state index in [1.807, 2.05) is 36.7 Å². The molecule has 0 aromatic heterocycles. The maximum atomic E-state index is 8.48. The molecule has 0 aliphatic carbocycles. The Bertz CT molecular complexity index is 452. The highest BCUT2D eigenvalue weighted by Crippen LogP contribution is 2.18. The highest BCUT2D eigenvalue weighted by atomic mass is 32.2. The van der Waals surface area contributed by atoms with Crippen molar-refractivity contribution in [2.24, 2.45) is 4.99 Å². The van der Waals surface area contributed by atoms with Crippen LogP contribution in [0.25, 0.3) is 0 Å². The molecule has 0 saturated heterocycles. The highest BCUT2D eigenvalue weighted by molar-refractivity contribution is 8.13. The standard InChI is InChI=1S/C11H9N3S/c1-3-9-6-4-5-7-10(9)14-11(15-2)13-8-12/h1,4-7H,2H3,(H,13,14). The van der Waals surface area contributed by atoms with Crippen molar-refractivity contribution in [3.05, 3.63) is 29.8 Å². The number of hydrogen-bond acceptors (Lipinski definition) is 3. The second kappa shape index (κ2) is 5.74. The van der Waals surface area contributed by atoms with E-state index >= 15 is 0 Å². The lowest BCUT2D eigenvalue weighted by atomic mass is 10.2. The Balaban J connectivity index is 3.07. The molecular formula is C11H9N3S. The van der Waals surface area contributed by atoms with Crippen LogP contribution in [0.15, 0.2) is 29.3 Å². The number of nitriles is 1. The van der Waals surface area contributed by atoms with Crippen molar-refractivity contribution in [2.75, 3.05) is 6.26 Å². The quantitative estimate of drug-likeness (QED) is 0.256. The molecular weight excluding hydrogens is 206 g/mol.